The molecule has 0 aromatic carbocycles. The summed E-state index contributed by atoms with van der Waals surface area (Å²) in [5, 5.41) is 0. The molecule has 4 heteroatoms. The molecular formula is C9H9N3O. The van der Waals surface area contributed by atoms with Gasteiger partial charge in [-0.25, -0.2) is 4.98 Å². The van der Waals surface area contributed by atoms with E-state index in [2.05, 4.69) is 4.98 Å². The minimum atomic E-state index is -0.0220. The van der Waals surface area contributed by atoms with Gasteiger partial charge in [-0.1, -0.05) is 0 Å². The molecule has 2 aromatic rings. The number of aromatic nitrogens is 3. The predicted molar refractivity (Wildman–Crippen MR) is 48.8 cm³/mol. The molecule has 0 fully saturated rings. The second kappa shape index (κ2) is 2.90. The van der Waals surface area contributed by atoms with Gasteiger partial charge in [0.15, 0.2) is 0 Å². The van der Waals surface area contributed by atoms with E-state index in [1.807, 2.05) is 6.07 Å². The van der Waals surface area contributed by atoms with Gasteiger partial charge in [0.2, 0.25) is 0 Å². The second-order valence-electron chi connectivity index (χ2n) is 2.80. The van der Waals surface area contributed by atoms with E-state index in [0.29, 0.717) is 0 Å². The molecule has 0 aliphatic carbocycles. The molecule has 2 heterocycles. The molecule has 13 heavy (non-hydrogen) atoms. The predicted octanol–water partition coefficient (Wildman–Crippen LogP) is 0.571. The molecule has 0 unspecified atom stereocenters. The maximum absolute atomic E-state index is 11.3. The Morgan fingerprint density at radius 3 is 2.85 bits per heavy atom. The zero-order valence-corrected chi connectivity index (χ0v) is 7.21. The van der Waals surface area contributed by atoms with Crippen LogP contribution in [0.25, 0.3) is 5.69 Å². The highest BCUT2D eigenvalue weighted by Gasteiger charge is 1.96. The van der Waals surface area contributed by atoms with Crippen molar-refractivity contribution in [2.24, 2.45) is 7.05 Å². The Hall–Kier alpha value is -1.84. The van der Waals surface area contributed by atoms with E-state index in [1.54, 1.807) is 42.6 Å². The number of aryl methyl sites for hydroxylation is 1. The Morgan fingerprint density at radius 1 is 1.38 bits per heavy atom. The lowest BCUT2D eigenvalue weighted by Gasteiger charge is -2.01. The molecule has 4 nitrogen and oxygen atoms in total. The van der Waals surface area contributed by atoms with Crippen molar-refractivity contribution in [3.05, 3.63) is 47.4 Å². The van der Waals surface area contributed by atoms with Crippen molar-refractivity contribution in [3.63, 3.8) is 0 Å². The Labute approximate surface area is 75.1 Å². The Balaban J connectivity index is 2.55. The Morgan fingerprint density at radius 2 is 2.23 bits per heavy atom. The van der Waals surface area contributed by atoms with Crippen molar-refractivity contribution >= 4 is 0 Å². The minimum absolute atomic E-state index is 0.0220. The molecule has 0 aliphatic heterocycles. The molecule has 2 aromatic heterocycles. The highest BCUT2D eigenvalue weighted by molar-refractivity contribution is 5.28. The fourth-order valence-corrected chi connectivity index (χ4v) is 1.11. The summed E-state index contributed by atoms with van der Waals surface area (Å²) in [5.74, 6) is 0. The van der Waals surface area contributed by atoms with Gasteiger partial charge < -0.3 is 9.13 Å². The highest BCUT2D eigenvalue weighted by Crippen LogP contribution is 2.01. The van der Waals surface area contributed by atoms with Crippen LogP contribution in [0.5, 0.6) is 0 Å². The van der Waals surface area contributed by atoms with Gasteiger partial charge in [0.1, 0.15) is 0 Å². The molecule has 0 spiro atoms. The average molecular weight is 175 g/mol. The summed E-state index contributed by atoms with van der Waals surface area (Å²) < 4.78 is 3.32. The minimum Gasteiger partial charge on any atom is -0.318 e. The summed E-state index contributed by atoms with van der Waals surface area (Å²) in [5.41, 5.74) is 0.812. The van der Waals surface area contributed by atoms with Crippen LogP contribution in [-0.2, 0) is 7.05 Å². The van der Waals surface area contributed by atoms with Crippen LogP contribution >= 0.6 is 0 Å². The number of hydrogen-bond acceptors (Lipinski definition) is 2. The van der Waals surface area contributed by atoms with Crippen LogP contribution in [0.4, 0.5) is 0 Å². The fourth-order valence-electron chi connectivity index (χ4n) is 1.11. The molecule has 66 valence electrons. The lowest BCUT2D eigenvalue weighted by Crippen LogP contribution is -2.15. The number of hydrogen-bond donors (Lipinski definition) is 0. The fraction of sp³-hybridized carbons (Fsp3) is 0.111. The second-order valence-corrected chi connectivity index (χ2v) is 2.80. The third-order valence-electron chi connectivity index (χ3n) is 1.89. The summed E-state index contributed by atoms with van der Waals surface area (Å²) in [6.45, 7) is 0. The van der Waals surface area contributed by atoms with Crippen molar-refractivity contribution in [1.82, 2.24) is 14.1 Å². The zero-order valence-electron chi connectivity index (χ0n) is 7.21. The van der Waals surface area contributed by atoms with E-state index in [9.17, 15) is 4.79 Å². The third kappa shape index (κ3) is 1.38. The standard InChI is InChI=1S/C9H9N3O/c1-11-4-2-8(6-9(11)13)12-5-3-10-7-12/h2-7H,1H3. The SMILES string of the molecule is Cn1ccc(-n2ccnc2)cc1=O. The van der Waals surface area contributed by atoms with Crippen molar-refractivity contribution in [2.75, 3.05) is 0 Å². The largest absolute Gasteiger partial charge is 0.318 e. The van der Waals surface area contributed by atoms with Crippen LogP contribution in [0.15, 0.2) is 41.8 Å². The van der Waals surface area contributed by atoms with Gasteiger partial charge in [-0.15, -0.1) is 0 Å². The van der Waals surface area contributed by atoms with Crippen LogP contribution in [0.3, 0.4) is 0 Å². The molecule has 2 rings (SSSR count). The van der Waals surface area contributed by atoms with Gasteiger partial charge in [0.05, 0.1) is 12.0 Å². The van der Waals surface area contributed by atoms with E-state index in [1.165, 1.54) is 4.57 Å². The number of imidazole rings is 1. The number of rotatable bonds is 1. The Bertz CT molecular complexity index is 456. The maximum atomic E-state index is 11.3. The van der Waals surface area contributed by atoms with Crippen LogP contribution in [0, 0.1) is 0 Å². The Kier molecular flexibility index (Phi) is 1.73. The van der Waals surface area contributed by atoms with Gasteiger partial charge in [0.25, 0.3) is 5.56 Å². The number of nitrogens with zero attached hydrogens (tertiary/aromatic N) is 3. The molecule has 0 atom stereocenters. The monoisotopic (exact) mass is 175 g/mol. The van der Waals surface area contributed by atoms with Gasteiger partial charge in [0, 0.05) is 31.7 Å². The molecule has 0 aliphatic rings. The van der Waals surface area contributed by atoms with E-state index in [0.717, 1.165) is 5.69 Å². The van der Waals surface area contributed by atoms with E-state index < -0.39 is 0 Å². The topological polar surface area (TPSA) is 39.8 Å². The third-order valence-corrected chi connectivity index (χ3v) is 1.89. The molecule has 0 radical (unpaired) electrons. The van der Waals surface area contributed by atoms with Crippen molar-refractivity contribution in [3.8, 4) is 5.69 Å². The first kappa shape index (κ1) is 7.79. The first-order chi connectivity index (χ1) is 6.27. The van der Waals surface area contributed by atoms with E-state index in [-0.39, 0.29) is 5.56 Å². The quantitative estimate of drug-likeness (QED) is 0.635. The first-order valence-corrected chi connectivity index (χ1v) is 3.92. The molecule has 0 amide bonds. The summed E-state index contributed by atoms with van der Waals surface area (Å²) >= 11 is 0. The first-order valence-electron chi connectivity index (χ1n) is 3.92. The summed E-state index contributed by atoms with van der Waals surface area (Å²) in [6.07, 6.45) is 6.87. The molecule has 0 saturated carbocycles. The zero-order chi connectivity index (χ0) is 9.26. The van der Waals surface area contributed by atoms with E-state index >= 15 is 0 Å². The van der Waals surface area contributed by atoms with Gasteiger partial charge in [-0.3, -0.25) is 4.79 Å². The summed E-state index contributed by atoms with van der Waals surface area (Å²) in [6, 6.07) is 3.44. The van der Waals surface area contributed by atoms with Crippen LogP contribution in [-0.4, -0.2) is 14.1 Å². The molecular weight excluding hydrogens is 166 g/mol. The normalized spacial score (nSPS) is 10.2. The lowest BCUT2D eigenvalue weighted by molar-refractivity contribution is 0.851. The maximum Gasteiger partial charge on any atom is 0.252 e. The van der Waals surface area contributed by atoms with E-state index in [4.69, 9.17) is 0 Å². The van der Waals surface area contributed by atoms with Gasteiger partial charge in [-0.05, 0) is 6.07 Å². The van der Waals surface area contributed by atoms with Crippen LogP contribution in [0.2, 0.25) is 0 Å². The number of pyridine rings is 1. The lowest BCUT2D eigenvalue weighted by atomic mass is 10.4. The van der Waals surface area contributed by atoms with Crippen molar-refractivity contribution in [2.45, 2.75) is 0 Å². The molecule has 0 bridgehead atoms. The highest BCUT2D eigenvalue weighted by atomic mass is 16.1. The summed E-state index contributed by atoms with van der Waals surface area (Å²) in [7, 11) is 1.72. The average Bonchev–Trinajstić information content (AvgIpc) is 2.62. The summed E-state index contributed by atoms with van der Waals surface area (Å²) in [4.78, 5) is 15.2. The van der Waals surface area contributed by atoms with Crippen molar-refractivity contribution in [1.29, 1.82) is 0 Å². The smallest absolute Gasteiger partial charge is 0.252 e. The molecule has 0 N–H and O–H groups in total. The van der Waals surface area contributed by atoms with Crippen molar-refractivity contribution < 1.29 is 0 Å². The molecule has 0 saturated heterocycles. The van der Waals surface area contributed by atoms with Crippen LogP contribution in [0.1, 0.15) is 0 Å². The van der Waals surface area contributed by atoms with Gasteiger partial charge in [-0.2, -0.15) is 0 Å². The van der Waals surface area contributed by atoms with Crippen LogP contribution < -0.4 is 5.56 Å². The van der Waals surface area contributed by atoms with Gasteiger partial charge >= 0.3 is 0 Å².